The molecule has 0 saturated carbocycles. The standard InChI is InChI=1S/C26H33Cl2F2N3O2/c1-25(2,3)14-21-26(31,17-8-7-16(27)13-20(17)30)22(15-6-9-19(29)18(28)12-15)23(33-21)24(35)32-10-4-5-11-34/h6-9,12-13,21-23,33-34H,4-5,10-11,14,31H2,1-3H3,(H,32,35). The number of unbranched alkanes of at least 4 members (excludes halogenated alkanes) is 1. The van der Waals surface area contributed by atoms with E-state index in [1.165, 1.54) is 24.3 Å². The lowest BCUT2D eigenvalue weighted by Gasteiger charge is -2.39. The molecule has 1 fully saturated rings. The van der Waals surface area contributed by atoms with E-state index in [4.69, 9.17) is 34.0 Å². The van der Waals surface area contributed by atoms with E-state index in [1.54, 1.807) is 12.1 Å². The lowest BCUT2D eigenvalue weighted by molar-refractivity contribution is -0.123. The molecule has 192 valence electrons. The fourth-order valence-corrected chi connectivity index (χ4v) is 5.29. The summed E-state index contributed by atoms with van der Waals surface area (Å²) in [7, 11) is 0. The second kappa shape index (κ2) is 11.1. The summed E-state index contributed by atoms with van der Waals surface area (Å²) in [6, 6.07) is 7.20. The maximum absolute atomic E-state index is 15.4. The molecule has 0 radical (unpaired) electrons. The van der Waals surface area contributed by atoms with Crippen molar-refractivity contribution in [3.05, 3.63) is 69.2 Å². The molecule has 1 heterocycles. The smallest absolute Gasteiger partial charge is 0.237 e. The number of aliphatic hydroxyl groups is 1. The molecule has 4 atom stereocenters. The van der Waals surface area contributed by atoms with Crippen molar-refractivity contribution < 1.29 is 18.7 Å². The topological polar surface area (TPSA) is 87.4 Å². The van der Waals surface area contributed by atoms with E-state index in [-0.39, 0.29) is 33.5 Å². The molecule has 1 aliphatic rings. The molecule has 5 nitrogen and oxygen atoms in total. The van der Waals surface area contributed by atoms with Crippen molar-refractivity contribution in [2.75, 3.05) is 13.2 Å². The largest absolute Gasteiger partial charge is 0.396 e. The highest BCUT2D eigenvalue weighted by molar-refractivity contribution is 6.31. The van der Waals surface area contributed by atoms with E-state index in [1.807, 2.05) is 20.8 Å². The summed E-state index contributed by atoms with van der Waals surface area (Å²) in [5.41, 5.74) is 6.31. The van der Waals surface area contributed by atoms with Gasteiger partial charge in [-0.2, -0.15) is 0 Å². The average molecular weight is 528 g/mol. The van der Waals surface area contributed by atoms with E-state index < -0.39 is 35.2 Å². The van der Waals surface area contributed by atoms with Gasteiger partial charge in [-0.3, -0.25) is 4.79 Å². The van der Waals surface area contributed by atoms with Crippen molar-refractivity contribution >= 4 is 29.1 Å². The normalized spacial score (nSPS) is 24.5. The summed E-state index contributed by atoms with van der Waals surface area (Å²) in [6.07, 6.45) is 1.69. The minimum atomic E-state index is -1.38. The Morgan fingerprint density at radius 1 is 1.14 bits per heavy atom. The Bertz CT molecular complexity index is 1060. The van der Waals surface area contributed by atoms with Crippen LogP contribution >= 0.6 is 23.2 Å². The summed E-state index contributed by atoms with van der Waals surface area (Å²) < 4.78 is 29.4. The van der Waals surface area contributed by atoms with Gasteiger partial charge in [-0.1, -0.05) is 56.1 Å². The van der Waals surface area contributed by atoms with E-state index in [2.05, 4.69) is 10.6 Å². The molecule has 3 rings (SSSR count). The zero-order valence-electron chi connectivity index (χ0n) is 20.2. The van der Waals surface area contributed by atoms with Crippen molar-refractivity contribution in [1.82, 2.24) is 10.6 Å². The molecule has 1 aliphatic heterocycles. The van der Waals surface area contributed by atoms with Crippen LogP contribution in [0.5, 0.6) is 0 Å². The maximum atomic E-state index is 15.4. The Kier molecular flexibility index (Phi) is 8.82. The quantitative estimate of drug-likeness (QED) is 0.368. The van der Waals surface area contributed by atoms with E-state index in [0.717, 1.165) is 0 Å². The predicted octanol–water partition coefficient (Wildman–Crippen LogP) is 4.87. The van der Waals surface area contributed by atoms with Gasteiger partial charge in [0.1, 0.15) is 11.6 Å². The molecule has 9 heteroatoms. The number of aliphatic hydroxyl groups excluding tert-OH is 1. The lowest BCUT2D eigenvalue weighted by atomic mass is 9.68. The first-order chi connectivity index (χ1) is 16.4. The average Bonchev–Trinajstić information content (AvgIpc) is 3.04. The van der Waals surface area contributed by atoms with Gasteiger partial charge < -0.3 is 21.5 Å². The third-order valence-corrected chi connectivity index (χ3v) is 7.01. The van der Waals surface area contributed by atoms with Crippen LogP contribution in [0.25, 0.3) is 0 Å². The van der Waals surface area contributed by atoms with Crippen molar-refractivity contribution in [3.8, 4) is 0 Å². The molecule has 2 aromatic rings. The highest BCUT2D eigenvalue weighted by Crippen LogP contribution is 2.49. The van der Waals surface area contributed by atoms with Gasteiger partial charge in [-0.15, -0.1) is 0 Å². The molecule has 4 unspecified atom stereocenters. The number of nitrogens with one attached hydrogen (secondary N) is 2. The minimum absolute atomic E-state index is 0.0314. The number of hydrogen-bond donors (Lipinski definition) is 4. The van der Waals surface area contributed by atoms with Crippen LogP contribution in [0.4, 0.5) is 8.78 Å². The van der Waals surface area contributed by atoms with Crippen LogP contribution in [0, 0.1) is 17.0 Å². The van der Waals surface area contributed by atoms with Gasteiger partial charge in [0.2, 0.25) is 5.91 Å². The van der Waals surface area contributed by atoms with Crippen LogP contribution in [-0.4, -0.2) is 36.2 Å². The Morgan fingerprint density at radius 3 is 2.46 bits per heavy atom. The van der Waals surface area contributed by atoms with E-state index in [0.29, 0.717) is 31.4 Å². The molecule has 0 aromatic heterocycles. The number of nitrogens with two attached hydrogens (primary N) is 1. The van der Waals surface area contributed by atoms with Crippen molar-refractivity contribution in [2.24, 2.45) is 11.1 Å². The highest BCUT2D eigenvalue weighted by atomic mass is 35.5. The van der Waals surface area contributed by atoms with Gasteiger partial charge in [-0.05, 0) is 54.5 Å². The van der Waals surface area contributed by atoms with Gasteiger partial charge in [0, 0.05) is 35.7 Å². The zero-order valence-corrected chi connectivity index (χ0v) is 21.7. The maximum Gasteiger partial charge on any atom is 0.237 e. The summed E-state index contributed by atoms with van der Waals surface area (Å²) >= 11 is 12.1. The molecule has 0 aliphatic carbocycles. The summed E-state index contributed by atoms with van der Waals surface area (Å²) in [5.74, 6) is -2.25. The number of hydrogen-bond acceptors (Lipinski definition) is 4. The van der Waals surface area contributed by atoms with Crippen LogP contribution in [0.2, 0.25) is 10.0 Å². The fraction of sp³-hybridized carbons (Fsp3) is 0.500. The predicted molar refractivity (Wildman–Crippen MR) is 136 cm³/mol. The fourth-order valence-electron chi connectivity index (χ4n) is 4.94. The van der Waals surface area contributed by atoms with Crippen molar-refractivity contribution in [3.63, 3.8) is 0 Å². The SMILES string of the molecule is CC(C)(C)CC1NC(C(=O)NCCCCO)C(c2ccc(F)c(Cl)c2)C1(N)c1ccc(Cl)cc1F. The molecule has 5 N–H and O–H groups in total. The first-order valence-corrected chi connectivity index (χ1v) is 12.5. The second-order valence-corrected chi connectivity index (χ2v) is 11.2. The number of halogens is 4. The van der Waals surface area contributed by atoms with Crippen LogP contribution in [0.3, 0.4) is 0 Å². The number of carbonyl (C=O) groups excluding carboxylic acids is 1. The summed E-state index contributed by atoms with van der Waals surface area (Å²) in [6.45, 7) is 6.52. The molecule has 35 heavy (non-hydrogen) atoms. The molecule has 1 amide bonds. The summed E-state index contributed by atoms with van der Waals surface area (Å²) in [4.78, 5) is 13.4. The Morgan fingerprint density at radius 2 is 1.86 bits per heavy atom. The first kappa shape index (κ1) is 27.8. The van der Waals surface area contributed by atoms with Crippen molar-refractivity contribution in [1.29, 1.82) is 0 Å². The van der Waals surface area contributed by atoms with Gasteiger partial charge in [0.05, 0.1) is 16.6 Å². The molecule has 0 spiro atoms. The van der Waals surface area contributed by atoms with Gasteiger partial charge >= 0.3 is 0 Å². The monoisotopic (exact) mass is 527 g/mol. The molecular formula is C26H33Cl2F2N3O2. The third kappa shape index (κ3) is 6.15. The van der Waals surface area contributed by atoms with E-state index in [9.17, 15) is 9.18 Å². The van der Waals surface area contributed by atoms with Crippen LogP contribution < -0.4 is 16.4 Å². The lowest BCUT2D eigenvalue weighted by Crippen LogP contribution is -2.52. The molecule has 1 saturated heterocycles. The third-order valence-electron chi connectivity index (χ3n) is 6.49. The number of rotatable bonds is 8. The molecule has 2 aromatic carbocycles. The Hall–Kier alpha value is -1.77. The van der Waals surface area contributed by atoms with Crippen molar-refractivity contribution in [2.45, 2.75) is 63.6 Å². The number of carbonyl (C=O) groups is 1. The van der Waals surface area contributed by atoms with Crippen LogP contribution in [0.15, 0.2) is 36.4 Å². The summed E-state index contributed by atoms with van der Waals surface area (Å²) in [5, 5.41) is 15.4. The zero-order chi connectivity index (χ0) is 26.0. The number of amides is 1. The van der Waals surface area contributed by atoms with Gasteiger partial charge in [-0.25, -0.2) is 8.78 Å². The minimum Gasteiger partial charge on any atom is -0.396 e. The van der Waals surface area contributed by atoms with Crippen LogP contribution in [0.1, 0.15) is 57.1 Å². The van der Waals surface area contributed by atoms with E-state index >= 15 is 4.39 Å². The Labute approximate surface area is 215 Å². The van der Waals surface area contributed by atoms with Gasteiger partial charge in [0.25, 0.3) is 0 Å². The first-order valence-electron chi connectivity index (χ1n) is 11.7. The van der Waals surface area contributed by atoms with Gasteiger partial charge in [0.15, 0.2) is 0 Å². The highest BCUT2D eigenvalue weighted by Gasteiger charge is 2.57. The Balaban J connectivity index is 2.16. The van der Waals surface area contributed by atoms with Crippen LogP contribution in [-0.2, 0) is 10.3 Å². The second-order valence-electron chi connectivity index (χ2n) is 10.4. The molecule has 0 bridgehead atoms. The molecular weight excluding hydrogens is 495 g/mol. The number of benzene rings is 2.